The number of anilines is 1. The molecule has 1 unspecified atom stereocenters. The maximum absolute atomic E-state index is 12.1. The summed E-state index contributed by atoms with van der Waals surface area (Å²) in [6.07, 6.45) is 2.61. The van der Waals surface area contributed by atoms with Gasteiger partial charge in [-0.05, 0) is 18.6 Å². The number of nitrogens with zero attached hydrogens (tertiary/aromatic N) is 4. The van der Waals surface area contributed by atoms with Crippen LogP contribution in [0.1, 0.15) is 13.3 Å². The van der Waals surface area contributed by atoms with Crippen LogP contribution in [0, 0.1) is 5.92 Å². The van der Waals surface area contributed by atoms with E-state index < -0.39 is 0 Å². The Morgan fingerprint density at radius 3 is 2.71 bits per heavy atom. The van der Waals surface area contributed by atoms with Crippen LogP contribution in [0.2, 0.25) is 0 Å². The number of carbonyl (C=O) groups excluding carboxylic acids is 1. The first kappa shape index (κ1) is 19.9. The third-order valence-electron chi connectivity index (χ3n) is 3.46. The fourth-order valence-corrected chi connectivity index (χ4v) is 2.24. The van der Waals surface area contributed by atoms with Crippen molar-refractivity contribution < 1.29 is 4.79 Å². The molecule has 0 aromatic carbocycles. The van der Waals surface area contributed by atoms with Crippen LogP contribution in [0.4, 0.5) is 5.82 Å². The van der Waals surface area contributed by atoms with E-state index in [9.17, 15) is 4.79 Å². The molecule has 120 valence electrons. The standard InChI is InChI=1S/C13H21N5O.2ClH/c1-11(10-14)13(19)18-7-3-6-17(8-9-18)12-4-2-5-15-16-12;;/h2,4-5,11H,3,6-10,14H2,1H3;2*1H. The first-order valence-electron chi connectivity index (χ1n) is 6.74. The molecule has 1 fully saturated rings. The van der Waals surface area contributed by atoms with E-state index in [2.05, 4.69) is 15.1 Å². The van der Waals surface area contributed by atoms with Gasteiger partial charge in [-0.15, -0.1) is 29.9 Å². The van der Waals surface area contributed by atoms with E-state index in [4.69, 9.17) is 5.73 Å². The molecule has 1 atom stereocenters. The highest BCUT2D eigenvalue weighted by atomic mass is 35.5. The van der Waals surface area contributed by atoms with Crippen molar-refractivity contribution in [3.63, 3.8) is 0 Å². The summed E-state index contributed by atoms with van der Waals surface area (Å²) < 4.78 is 0. The Labute approximate surface area is 137 Å². The van der Waals surface area contributed by atoms with Gasteiger partial charge in [-0.2, -0.15) is 5.10 Å². The zero-order valence-electron chi connectivity index (χ0n) is 12.1. The van der Waals surface area contributed by atoms with Gasteiger partial charge in [0.15, 0.2) is 5.82 Å². The second-order valence-corrected chi connectivity index (χ2v) is 4.88. The van der Waals surface area contributed by atoms with Gasteiger partial charge in [0.25, 0.3) is 0 Å². The number of halogens is 2. The molecule has 0 spiro atoms. The molecule has 6 nitrogen and oxygen atoms in total. The molecule has 1 aliphatic heterocycles. The predicted molar refractivity (Wildman–Crippen MR) is 88.2 cm³/mol. The van der Waals surface area contributed by atoms with E-state index in [1.165, 1.54) is 0 Å². The van der Waals surface area contributed by atoms with Crippen LogP contribution in [0.5, 0.6) is 0 Å². The summed E-state index contributed by atoms with van der Waals surface area (Å²) in [4.78, 5) is 16.2. The zero-order chi connectivity index (χ0) is 13.7. The van der Waals surface area contributed by atoms with E-state index in [0.717, 1.165) is 38.4 Å². The summed E-state index contributed by atoms with van der Waals surface area (Å²) in [6, 6.07) is 3.83. The summed E-state index contributed by atoms with van der Waals surface area (Å²) in [5.74, 6) is 0.940. The first-order valence-corrected chi connectivity index (χ1v) is 6.74. The summed E-state index contributed by atoms with van der Waals surface area (Å²) in [5.41, 5.74) is 5.56. The van der Waals surface area contributed by atoms with E-state index in [1.807, 2.05) is 24.0 Å². The van der Waals surface area contributed by atoms with Gasteiger partial charge in [0.1, 0.15) is 0 Å². The van der Waals surface area contributed by atoms with Gasteiger partial charge in [-0.3, -0.25) is 4.79 Å². The molecular formula is C13H23Cl2N5O. The third kappa shape index (κ3) is 5.30. The van der Waals surface area contributed by atoms with Crippen LogP contribution in [-0.4, -0.2) is 53.7 Å². The fourth-order valence-electron chi connectivity index (χ4n) is 2.24. The van der Waals surface area contributed by atoms with Crippen molar-refractivity contribution in [2.75, 3.05) is 37.6 Å². The summed E-state index contributed by atoms with van der Waals surface area (Å²) in [5, 5.41) is 8.02. The van der Waals surface area contributed by atoms with Crippen molar-refractivity contribution in [2.24, 2.45) is 11.7 Å². The van der Waals surface area contributed by atoms with Crippen LogP contribution in [0.3, 0.4) is 0 Å². The van der Waals surface area contributed by atoms with Gasteiger partial charge in [0.2, 0.25) is 5.91 Å². The van der Waals surface area contributed by atoms with Gasteiger partial charge in [-0.1, -0.05) is 6.92 Å². The van der Waals surface area contributed by atoms with E-state index in [1.54, 1.807) is 6.20 Å². The van der Waals surface area contributed by atoms with Crippen LogP contribution in [0.15, 0.2) is 18.3 Å². The Bertz CT molecular complexity index is 420. The number of aromatic nitrogens is 2. The van der Waals surface area contributed by atoms with Gasteiger partial charge < -0.3 is 15.5 Å². The second kappa shape index (κ2) is 9.76. The molecular weight excluding hydrogens is 313 g/mol. The Kier molecular flexibility index (Phi) is 9.24. The molecule has 2 heterocycles. The molecule has 1 amide bonds. The van der Waals surface area contributed by atoms with E-state index in [-0.39, 0.29) is 36.6 Å². The molecule has 21 heavy (non-hydrogen) atoms. The van der Waals surface area contributed by atoms with Crippen molar-refractivity contribution in [2.45, 2.75) is 13.3 Å². The number of carbonyl (C=O) groups is 1. The number of nitrogens with two attached hydrogens (primary N) is 1. The Hall–Kier alpha value is -1.11. The molecule has 1 aromatic rings. The Balaban J connectivity index is 0.00000200. The van der Waals surface area contributed by atoms with Crippen molar-refractivity contribution in [1.29, 1.82) is 0 Å². The molecule has 0 radical (unpaired) electrons. The molecule has 0 bridgehead atoms. The van der Waals surface area contributed by atoms with Crippen LogP contribution in [-0.2, 0) is 4.79 Å². The maximum Gasteiger partial charge on any atom is 0.226 e. The van der Waals surface area contributed by atoms with Crippen molar-refractivity contribution in [3.8, 4) is 0 Å². The minimum absolute atomic E-state index is 0. The molecule has 0 saturated carbocycles. The molecule has 1 aliphatic rings. The normalized spacial score (nSPS) is 16.3. The number of hydrogen-bond donors (Lipinski definition) is 1. The summed E-state index contributed by atoms with van der Waals surface area (Å²) >= 11 is 0. The van der Waals surface area contributed by atoms with Crippen LogP contribution >= 0.6 is 24.8 Å². The first-order chi connectivity index (χ1) is 9.22. The smallest absolute Gasteiger partial charge is 0.226 e. The minimum atomic E-state index is -0.0944. The van der Waals surface area contributed by atoms with Gasteiger partial charge in [0, 0.05) is 44.8 Å². The second-order valence-electron chi connectivity index (χ2n) is 4.88. The van der Waals surface area contributed by atoms with Crippen molar-refractivity contribution >= 4 is 36.5 Å². The van der Waals surface area contributed by atoms with Crippen molar-refractivity contribution in [3.05, 3.63) is 18.3 Å². The van der Waals surface area contributed by atoms with Crippen molar-refractivity contribution in [1.82, 2.24) is 15.1 Å². The number of amides is 1. The van der Waals surface area contributed by atoms with Gasteiger partial charge in [-0.25, -0.2) is 0 Å². The third-order valence-corrected chi connectivity index (χ3v) is 3.46. The summed E-state index contributed by atoms with van der Waals surface area (Å²) in [7, 11) is 0. The molecule has 1 aromatic heterocycles. The number of hydrogen-bond acceptors (Lipinski definition) is 5. The highest BCUT2D eigenvalue weighted by Crippen LogP contribution is 2.13. The lowest BCUT2D eigenvalue weighted by molar-refractivity contribution is -0.134. The number of rotatable bonds is 3. The van der Waals surface area contributed by atoms with Crippen LogP contribution < -0.4 is 10.6 Å². The molecule has 2 N–H and O–H groups in total. The SMILES string of the molecule is CC(CN)C(=O)N1CCCN(c2cccnn2)CC1.Cl.Cl. The average molecular weight is 336 g/mol. The fraction of sp³-hybridized carbons (Fsp3) is 0.615. The Morgan fingerprint density at radius 1 is 1.33 bits per heavy atom. The molecule has 0 aliphatic carbocycles. The quantitative estimate of drug-likeness (QED) is 0.890. The maximum atomic E-state index is 12.1. The highest BCUT2D eigenvalue weighted by Gasteiger charge is 2.22. The largest absolute Gasteiger partial charge is 0.353 e. The average Bonchev–Trinajstić information content (AvgIpc) is 2.72. The minimum Gasteiger partial charge on any atom is -0.353 e. The van der Waals surface area contributed by atoms with Gasteiger partial charge in [0.05, 0.1) is 0 Å². The molecule has 8 heteroatoms. The zero-order valence-corrected chi connectivity index (χ0v) is 13.8. The summed E-state index contributed by atoms with van der Waals surface area (Å²) in [6.45, 7) is 5.50. The van der Waals surface area contributed by atoms with E-state index in [0.29, 0.717) is 6.54 Å². The topological polar surface area (TPSA) is 75.4 Å². The molecule has 2 rings (SSSR count). The highest BCUT2D eigenvalue weighted by molar-refractivity contribution is 5.85. The van der Waals surface area contributed by atoms with Gasteiger partial charge >= 0.3 is 0 Å². The lowest BCUT2D eigenvalue weighted by Gasteiger charge is -2.24. The Morgan fingerprint density at radius 2 is 2.10 bits per heavy atom. The lowest BCUT2D eigenvalue weighted by atomic mass is 10.1. The lowest BCUT2D eigenvalue weighted by Crippen LogP contribution is -2.40. The molecule has 1 saturated heterocycles. The monoisotopic (exact) mass is 335 g/mol. The predicted octanol–water partition coefficient (Wildman–Crippen LogP) is 0.954. The van der Waals surface area contributed by atoms with Crippen LogP contribution in [0.25, 0.3) is 0 Å². The van der Waals surface area contributed by atoms with E-state index >= 15 is 0 Å².